The average molecular weight is 220 g/mol. The molecule has 2 heterocycles. The molecule has 1 saturated heterocycles. The topological polar surface area (TPSA) is 34.1 Å². The summed E-state index contributed by atoms with van der Waals surface area (Å²) in [4.78, 5) is 0. The molecule has 0 N–H and O–H groups in total. The lowest BCUT2D eigenvalue weighted by molar-refractivity contribution is -0.0828. The number of rotatable bonds is 2. The second-order valence-corrected chi connectivity index (χ2v) is 3.61. The van der Waals surface area contributed by atoms with Crippen LogP contribution >= 0.6 is 0 Å². The number of ether oxygens (including phenoxy) is 2. The SMILES string of the molecule is FC(F)OC1=NN(C2CCCCO2)CC1. The van der Waals surface area contributed by atoms with Crippen LogP contribution in [0.1, 0.15) is 25.7 Å². The van der Waals surface area contributed by atoms with Gasteiger partial charge in [0.25, 0.3) is 0 Å². The quantitative estimate of drug-likeness (QED) is 0.711. The summed E-state index contributed by atoms with van der Waals surface area (Å²) in [5.74, 6) is 0.110. The highest BCUT2D eigenvalue weighted by atomic mass is 19.3. The third-order valence-electron chi connectivity index (χ3n) is 2.51. The molecular formula is C9H14F2N2O2. The van der Waals surface area contributed by atoms with Crippen molar-refractivity contribution in [1.82, 2.24) is 5.01 Å². The van der Waals surface area contributed by atoms with E-state index in [1.165, 1.54) is 0 Å². The fraction of sp³-hybridized carbons (Fsp3) is 0.889. The molecule has 0 spiro atoms. The summed E-state index contributed by atoms with van der Waals surface area (Å²) in [5.41, 5.74) is 0. The number of nitrogens with zero attached hydrogens (tertiary/aromatic N) is 2. The number of hydrazone groups is 1. The minimum absolute atomic E-state index is 0.0578. The van der Waals surface area contributed by atoms with Gasteiger partial charge in [-0.05, 0) is 19.3 Å². The van der Waals surface area contributed by atoms with Gasteiger partial charge in [-0.2, -0.15) is 8.78 Å². The highest BCUT2D eigenvalue weighted by Gasteiger charge is 2.26. The van der Waals surface area contributed by atoms with Crippen molar-refractivity contribution in [3.8, 4) is 0 Å². The summed E-state index contributed by atoms with van der Waals surface area (Å²) in [5, 5.41) is 5.68. The molecule has 0 radical (unpaired) electrons. The van der Waals surface area contributed by atoms with Gasteiger partial charge in [-0.1, -0.05) is 0 Å². The number of hydrogen-bond acceptors (Lipinski definition) is 4. The monoisotopic (exact) mass is 220 g/mol. The minimum atomic E-state index is -2.78. The third-order valence-corrected chi connectivity index (χ3v) is 2.51. The van der Waals surface area contributed by atoms with Crippen LogP contribution in [0.2, 0.25) is 0 Å². The summed E-state index contributed by atoms with van der Waals surface area (Å²) < 4.78 is 33.5. The minimum Gasteiger partial charge on any atom is -0.419 e. The van der Waals surface area contributed by atoms with Gasteiger partial charge >= 0.3 is 6.61 Å². The predicted molar refractivity (Wildman–Crippen MR) is 49.4 cm³/mol. The summed E-state index contributed by atoms with van der Waals surface area (Å²) in [7, 11) is 0. The molecule has 0 aromatic carbocycles. The van der Waals surface area contributed by atoms with E-state index in [-0.39, 0.29) is 12.1 Å². The van der Waals surface area contributed by atoms with Crippen LogP contribution in [0.3, 0.4) is 0 Å². The molecule has 2 rings (SSSR count). The molecule has 0 aromatic rings. The standard InChI is InChI=1S/C9H14F2N2O2/c10-9(11)15-7-4-5-13(12-7)8-3-1-2-6-14-8/h8-9H,1-6H2. The Morgan fingerprint density at radius 2 is 2.33 bits per heavy atom. The lowest BCUT2D eigenvalue weighted by Gasteiger charge is -2.29. The first-order chi connectivity index (χ1) is 7.25. The maximum atomic E-state index is 11.9. The van der Waals surface area contributed by atoms with E-state index in [4.69, 9.17) is 4.74 Å². The van der Waals surface area contributed by atoms with Crippen LogP contribution in [0.15, 0.2) is 5.10 Å². The highest BCUT2D eigenvalue weighted by Crippen LogP contribution is 2.21. The van der Waals surface area contributed by atoms with Crippen LogP contribution in [0.5, 0.6) is 0 Å². The highest BCUT2D eigenvalue weighted by molar-refractivity contribution is 5.77. The van der Waals surface area contributed by atoms with Gasteiger partial charge in [0.15, 0.2) is 0 Å². The van der Waals surface area contributed by atoms with E-state index in [2.05, 4.69) is 9.84 Å². The second kappa shape index (κ2) is 4.74. The molecule has 0 aliphatic carbocycles. The second-order valence-electron chi connectivity index (χ2n) is 3.61. The van der Waals surface area contributed by atoms with Crippen LogP contribution in [-0.2, 0) is 9.47 Å². The zero-order chi connectivity index (χ0) is 10.7. The van der Waals surface area contributed by atoms with Gasteiger partial charge in [0.05, 0.1) is 0 Å². The first-order valence-corrected chi connectivity index (χ1v) is 5.16. The fourth-order valence-electron chi connectivity index (χ4n) is 1.81. The molecule has 1 fully saturated rings. The van der Waals surface area contributed by atoms with Gasteiger partial charge in [-0.15, -0.1) is 5.10 Å². The van der Waals surface area contributed by atoms with Crippen molar-refractivity contribution in [2.75, 3.05) is 13.2 Å². The normalized spacial score (nSPS) is 27.0. The fourth-order valence-corrected chi connectivity index (χ4v) is 1.81. The molecule has 2 aliphatic rings. The molecule has 6 heteroatoms. The lowest BCUT2D eigenvalue weighted by atomic mass is 10.2. The number of halogens is 2. The molecule has 86 valence electrons. The first kappa shape index (κ1) is 10.6. The van der Waals surface area contributed by atoms with E-state index in [9.17, 15) is 8.78 Å². The Balaban J connectivity index is 1.86. The molecular weight excluding hydrogens is 206 g/mol. The first-order valence-electron chi connectivity index (χ1n) is 5.16. The Labute approximate surface area is 86.8 Å². The Morgan fingerprint density at radius 3 is 3.00 bits per heavy atom. The van der Waals surface area contributed by atoms with Gasteiger partial charge in [0.1, 0.15) is 6.23 Å². The van der Waals surface area contributed by atoms with Crippen LogP contribution < -0.4 is 0 Å². The lowest BCUT2D eigenvalue weighted by Crippen LogP contribution is -2.34. The van der Waals surface area contributed by atoms with Gasteiger partial charge in [-0.25, -0.2) is 0 Å². The van der Waals surface area contributed by atoms with Crippen molar-refractivity contribution in [3.05, 3.63) is 0 Å². The maximum absolute atomic E-state index is 11.9. The Morgan fingerprint density at radius 1 is 1.47 bits per heavy atom. The Bertz CT molecular complexity index is 242. The van der Waals surface area contributed by atoms with Gasteiger partial charge in [0.2, 0.25) is 5.90 Å². The van der Waals surface area contributed by atoms with Crippen LogP contribution in [0, 0.1) is 0 Å². The molecule has 15 heavy (non-hydrogen) atoms. The third kappa shape index (κ3) is 2.77. The van der Waals surface area contributed by atoms with E-state index in [0.29, 0.717) is 13.0 Å². The summed E-state index contributed by atoms with van der Waals surface area (Å²) >= 11 is 0. The van der Waals surface area contributed by atoms with Gasteiger partial charge in [0, 0.05) is 19.6 Å². The molecule has 0 aromatic heterocycles. The van der Waals surface area contributed by atoms with Crippen molar-refractivity contribution >= 4 is 5.90 Å². The van der Waals surface area contributed by atoms with E-state index in [1.54, 1.807) is 5.01 Å². The summed E-state index contributed by atoms with van der Waals surface area (Å²) in [6, 6.07) is 0. The largest absolute Gasteiger partial charge is 0.419 e. The molecule has 0 amide bonds. The molecule has 4 nitrogen and oxygen atoms in total. The van der Waals surface area contributed by atoms with Crippen molar-refractivity contribution in [2.45, 2.75) is 38.5 Å². The summed E-state index contributed by atoms with van der Waals surface area (Å²) in [6.07, 6.45) is 3.45. The van der Waals surface area contributed by atoms with E-state index in [0.717, 1.165) is 25.9 Å². The van der Waals surface area contributed by atoms with Gasteiger partial charge < -0.3 is 9.47 Å². The number of hydrogen-bond donors (Lipinski definition) is 0. The predicted octanol–water partition coefficient (Wildman–Crippen LogP) is 1.77. The molecule has 2 aliphatic heterocycles. The van der Waals surface area contributed by atoms with E-state index in [1.807, 2.05) is 0 Å². The molecule has 1 unspecified atom stereocenters. The van der Waals surface area contributed by atoms with E-state index >= 15 is 0 Å². The number of alkyl halides is 2. The zero-order valence-corrected chi connectivity index (χ0v) is 8.36. The summed E-state index contributed by atoms with van der Waals surface area (Å²) in [6.45, 7) is -1.45. The van der Waals surface area contributed by atoms with Gasteiger partial charge in [-0.3, -0.25) is 5.01 Å². The van der Waals surface area contributed by atoms with E-state index < -0.39 is 6.61 Å². The van der Waals surface area contributed by atoms with Crippen LogP contribution in [0.4, 0.5) is 8.78 Å². The molecule has 1 atom stereocenters. The Kier molecular flexibility index (Phi) is 3.35. The Hall–Kier alpha value is -0.910. The van der Waals surface area contributed by atoms with Crippen molar-refractivity contribution in [1.29, 1.82) is 0 Å². The molecule has 0 saturated carbocycles. The smallest absolute Gasteiger partial charge is 0.388 e. The molecule has 0 bridgehead atoms. The van der Waals surface area contributed by atoms with Crippen molar-refractivity contribution in [2.24, 2.45) is 5.10 Å². The maximum Gasteiger partial charge on any atom is 0.388 e. The van der Waals surface area contributed by atoms with Crippen molar-refractivity contribution < 1.29 is 18.3 Å². The van der Waals surface area contributed by atoms with Crippen LogP contribution in [-0.4, -0.2) is 36.9 Å². The van der Waals surface area contributed by atoms with Crippen LogP contribution in [0.25, 0.3) is 0 Å². The zero-order valence-electron chi connectivity index (χ0n) is 8.36. The van der Waals surface area contributed by atoms with Crippen molar-refractivity contribution in [3.63, 3.8) is 0 Å². The average Bonchev–Trinajstić information content (AvgIpc) is 2.67.